The fourth-order valence-electron chi connectivity index (χ4n) is 4.91. The van der Waals surface area contributed by atoms with Gasteiger partial charge in [-0.05, 0) is 80.0 Å². The van der Waals surface area contributed by atoms with Gasteiger partial charge in [0.25, 0.3) is 11.6 Å². The number of hydrogen-bond acceptors (Lipinski definition) is 10. The number of esters is 1. The van der Waals surface area contributed by atoms with Gasteiger partial charge in [0.1, 0.15) is 34.9 Å². The Kier molecular flexibility index (Phi) is 13.7. The van der Waals surface area contributed by atoms with Crippen molar-refractivity contribution in [1.82, 2.24) is 10.6 Å². The highest BCUT2D eigenvalue weighted by atomic mass is 16.7. The molecule has 0 spiro atoms. The molecule has 2 atom stereocenters. The average molecular weight is 706 g/mol. The van der Waals surface area contributed by atoms with Gasteiger partial charge >= 0.3 is 12.1 Å². The van der Waals surface area contributed by atoms with Crippen LogP contribution in [0.15, 0.2) is 72.8 Å². The molecule has 0 heterocycles. The molecule has 0 unspecified atom stereocenters. The minimum Gasteiger partial charge on any atom is -0.483 e. The molecule has 0 aliphatic carbocycles. The van der Waals surface area contributed by atoms with Gasteiger partial charge < -0.3 is 29.6 Å². The van der Waals surface area contributed by atoms with Crippen molar-refractivity contribution in [3.05, 3.63) is 94.0 Å². The highest BCUT2D eigenvalue weighted by Crippen LogP contribution is 2.31. The lowest BCUT2D eigenvalue weighted by Crippen LogP contribution is -2.54. The van der Waals surface area contributed by atoms with Crippen molar-refractivity contribution < 1.29 is 43.0 Å². The Morgan fingerprint density at radius 2 is 1.35 bits per heavy atom. The SMILES string of the molecule is CC(C)C[C@H](NC(=O)COc1ccccc1C(C)(C)C)C(=O)N[C@@H](Cc1ccc(OC(=O)Oc2ccc([N+](=O)[O-])cc2)cc1)C(=O)OC(C)(C)C. The lowest BCUT2D eigenvalue weighted by Gasteiger charge is -2.27. The first-order valence-corrected chi connectivity index (χ1v) is 16.6. The van der Waals surface area contributed by atoms with Crippen molar-refractivity contribution in [2.75, 3.05) is 6.61 Å². The van der Waals surface area contributed by atoms with Gasteiger partial charge in [0.15, 0.2) is 6.61 Å². The van der Waals surface area contributed by atoms with Gasteiger partial charge in [-0.25, -0.2) is 9.59 Å². The van der Waals surface area contributed by atoms with Crippen LogP contribution in [-0.2, 0) is 31.0 Å². The number of para-hydroxylation sites is 1. The van der Waals surface area contributed by atoms with Crippen LogP contribution >= 0.6 is 0 Å². The number of hydrogen-bond donors (Lipinski definition) is 2. The molecule has 0 bridgehead atoms. The summed E-state index contributed by atoms with van der Waals surface area (Å²) < 4.78 is 21.7. The zero-order valence-electron chi connectivity index (χ0n) is 30.3. The van der Waals surface area contributed by atoms with E-state index in [2.05, 4.69) is 10.6 Å². The smallest absolute Gasteiger partial charge is 0.483 e. The molecule has 0 aliphatic rings. The van der Waals surface area contributed by atoms with Crippen molar-refractivity contribution in [2.45, 2.75) is 91.3 Å². The number of benzene rings is 3. The molecule has 0 fully saturated rings. The van der Waals surface area contributed by atoms with E-state index >= 15 is 0 Å². The fraction of sp³-hybridized carbons (Fsp3) is 0.421. The molecular formula is C38H47N3O10. The molecule has 0 saturated carbocycles. The number of nitrogens with zero attached hydrogens (tertiary/aromatic N) is 1. The number of nitro benzene ring substituents is 1. The van der Waals surface area contributed by atoms with Crippen LogP contribution in [-0.4, -0.2) is 53.2 Å². The van der Waals surface area contributed by atoms with Crippen molar-refractivity contribution in [3.8, 4) is 17.2 Å². The molecule has 13 nitrogen and oxygen atoms in total. The molecule has 274 valence electrons. The van der Waals surface area contributed by atoms with E-state index in [0.717, 1.165) is 5.56 Å². The van der Waals surface area contributed by atoms with Crippen molar-refractivity contribution in [3.63, 3.8) is 0 Å². The Morgan fingerprint density at radius 3 is 1.88 bits per heavy atom. The number of ether oxygens (including phenoxy) is 4. The number of amides is 2. The molecular weight excluding hydrogens is 658 g/mol. The van der Waals surface area contributed by atoms with Crippen LogP contribution in [0.1, 0.15) is 72.9 Å². The van der Waals surface area contributed by atoms with Gasteiger partial charge in [-0.1, -0.05) is 65.0 Å². The maximum Gasteiger partial charge on any atom is 0.519 e. The molecule has 51 heavy (non-hydrogen) atoms. The normalized spacial score (nSPS) is 12.6. The van der Waals surface area contributed by atoms with Crippen molar-refractivity contribution in [2.24, 2.45) is 5.92 Å². The second-order valence-electron chi connectivity index (χ2n) is 14.4. The first-order valence-electron chi connectivity index (χ1n) is 16.6. The zero-order valence-corrected chi connectivity index (χ0v) is 30.3. The molecule has 0 aromatic heterocycles. The van der Waals surface area contributed by atoms with Crippen LogP contribution in [0.3, 0.4) is 0 Å². The highest BCUT2D eigenvalue weighted by molar-refractivity contribution is 5.91. The molecule has 13 heteroatoms. The second kappa shape index (κ2) is 17.5. The van der Waals surface area contributed by atoms with E-state index in [-0.39, 0.29) is 41.5 Å². The molecule has 2 N–H and O–H groups in total. The van der Waals surface area contributed by atoms with Crippen LogP contribution in [0.25, 0.3) is 0 Å². The van der Waals surface area contributed by atoms with E-state index in [1.807, 2.05) is 52.8 Å². The van der Waals surface area contributed by atoms with Crippen LogP contribution in [0, 0.1) is 16.0 Å². The number of non-ortho nitro benzene ring substituents is 1. The third kappa shape index (κ3) is 13.4. The predicted octanol–water partition coefficient (Wildman–Crippen LogP) is 6.45. The van der Waals surface area contributed by atoms with Crippen LogP contribution in [0.5, 0.6) is 17.2 Å². The quantitative estimate of drug-likeness (QED) is 0.0822. The van der Waals surface area contributed by atoms with E-state index in [1.165, 1.54) is 36.4 Å². The van der Waals surface area contributed by atoms with E-state index in [0.29, 0.717) is 17.7 Å². The Labute approximate surface area is 298 Å². The second-order valence-corrected chi connectivity index (χ2v) is 14.4. The van der Waals surface area contributed by atoms with Gasteiger partial charge in [0, 0.05) is 18.6 Å². The summed E-state index contributed by atoms with van der Waals surface area (Å²) in [6.07, 6.45) is -0.722. The summed E-state index contributed by atoms with van der Waals surface area (Å²) in [6, 6.07) is 16.5. The maximum absolute atomic E-state index is 13.6. The fourth-order valence-corrected chi connectivity index (χ4v) is 4.91. The molecule has 0 radical (unpaired) electrons. The lowest BCUT2D eigenvalue weighted by molar-refractivity contribution is -0.384. The summed E-state index contributed by atoms with van der Waals surface area (Å²) in [5, 5.41) is 16.4. The van der Waals surface area contributed by atoms with Gasteiger partial charge in [0.2, 0.25) is 5.91 Å². The minimum atomic E-state index is -1.11. The van der Waals surface area contributed by atoms with Gasteiger partial charge in [-0.15, -0.1) is 0 Å². The number of nitrogens with one attached hydrogen (secondary N) is 2. The number of rotatable bonds is 14. The topological polar surface area (TPSA) is 172 Å². The Bertz CT molecular complexity index is 1670. The first-order chi connectivity index (χ1) is 23.8. The molecule has 2 amide bonds. The molecule has 0 aliphatic heterocycles. The monoisotopic (exact) mass is 705 g/mol. The molecule has 3 aromatic rings. The van der Waals surface area contributed by atoms with Crippen molar-refractivity contribution >= 4 is 29.6 Å². The molecule has 0 saturated heterocycles. The van der Waals surface area contributed by atoms with E-state index in [1.54, 1.807) is 39.0 Å². The maximum atomic E-state index is 13.6. The minimum absolute atomic E-state index is 0.0307. The van der Waals surface area contributed by atoms with E-state index in [4.69, 9.17) is 18.9 Å². The zero-order chi connectivity index (χ0) is 37.9. The van der Waals surface area contributed by atoms with E-state index in [9.17, 15) is 29.3 Å². The summed E-state index contributed by atoms with van der Waals surface area (Å²) in [4.78, 5) is 62.5. The lowest BCUT2D eigenvalue weighted by atomic mass is 9.86. The first kappa shape index (κ1) is 40.0. The highest BCUT2D eigenvalue weighted by Gasteiger charge is 2.31. The van der Waals surface area contributed by atoms with Gasteiger partial charge in [-0.2, -0.15) is 0 Å². The summed E-state index contributed by atoms with van der Waals surface area (Å²) in [5.41, 5.74) is 0.345. The number of carbonyl (C=O) groups excluding carboxylic acids is 4. The van der Waals surface area contributed by atoms with Crippen LogP contribution in [0.2, 0.25) is 0 Å². The third-order valence-corrected chi connectivity index (χ3v) is 7.23. The number of carbonyl (C=O) groups is 4. The number of nitro groups is 1. The largest absolute Gasteiger partial charge is 0.519 e. The average Bonchev–Trinajstić information content (AvgIpc) is 3.03. The van der Waals surface area contributed by atoms with Crippen molar-refractivity contribution in [1.29, 1.82) is 0 Å². The Morgan fingerprint density at radius 1 is 0.784 bits per heavy atom. The summed E-state index contributed by atoms with van der Waals surface area (Å²) >= 11 is 0. The summed E-state index contributed by atoms with van der Waals surface area (Å²) in [7, 11) is 0. The molecule has 3 rings (SSSR count). The summed E-state index contributed by atoms with van der Waals surface area (Å²) in [6.45, 7) is 14.8. The third-order valence-electron chi connectivity index (χ3n) is 7.23. The predicted molar refractivity (Wildman–Crippen MR) is 190 cm³/mol. The van der Waals surface area contributed by atoms with E-state index < -0.39 is 46.5 Å². The Hall–Kier alpha value is -5.46. The summed E-state index contributed by atoms with van der Waals surface area (Å²) in [5.74, 6) is -0.914. The van der Waals surface area contributed by atoms with Crippen LogP contribution in [0.4, 0.5) is 10.5 Å². The standard InChI is InChI=1S/C38H47N3O10/c1-24(2)21-30(39-33(42)23-48-32-12-10-9-11-29(32)37(3,4)5)34(43)40-31(35(44)51-38(6,7)8)22-25-13-17-27(18-14-25)49-36(45)50-28-19-15-26(16-20-28)41(46)47/h9-20,24,30-31H,21-23H2,1-8H3,(H,39,42)(H,40,43)/t30-,31-/m0/s1. The Balaban J connectivity index is 1.69. The molecule has 3 aromatic carbocycles. The van der Waals surface area contributed by atoms with Gasteiger partial charge in [-0.3, -0.25) is 19.7 Å². The van der Waals surface area contributed by atoms with Crippen LogP contribution < -0.4 is 24.8 Å². The van der Waals surface area contributed by atoms with Gasteiger partial charge in [0.05, 0.1) is 4.92 Å².